The third-order valence-corrected chi connectivity index (χ3v) is 2.61. The van der Waals surface area contributed by atoms with Crippen LogP contribution in [0.5, 0.6) is 0 Å². The summed E-state index contributed by atoms with van der Waals surface area (Å²) in [5, 5.41) is 3.61. The molecule has 0 bridgehead atoms. The Morgan fingerprint density at radius 3 is 2.75 bits per heavy atom. The van der Waals surface area contributed by atoms with Crippen LogP contribution in [-0.2, 0) is 0 Å². The molecular weight excluding hydrogens is 247 g/mol. The van der Waals surface area contributed by atoms with E-state index in [1.807, 2.05) is 6.92 Å². The maximum atomic E-state index is 11.7. The molecule has 0 spiro atoms. The molecular formula is C11H14Cl2N2O. The van der Waals surface area contributed by atoms with Gasteiger partial charge in [-0.15, -0.1) is 0 Å². The second kappa shape index (κ2) is 6.09. The number of carbonyl (C=O) groups excluding carboxylic acids is 1. The van der Waals surface area contributed by atoms with Crippen LogP contribution >= 0.6 is 23.2 Å². The summed E-state index contributed by atoms with van der Waals surface area (Å²) in [6.45, 7) is 2.43. The SMILES string of the molecule is CC(N)CCNC(=O)c1ccc(Cl)cc1Cl. The van der Waals surface area contributed by atoms with Crippen LogP contribution < -0.4 is 11.1 Å². The van der Waals surface area contributed by atoms with Crippen molar-refractivity contribution in [3.05, 3.63) is 33.8 Å². The summed E-state index contributed by atoms with van der Waals surface area (Å²) in [5.41, 5.74) is 6.00. The summed E-state index contributed by atoms with van der Waals surface area (Å²) in [6, 6.07) is 4.85. The molecule has 1 rings (SSSR count). The standard InChI is InChI=1S/C11H14Cl2N2O/c1-7(14)4-5-15-11(16)9-3-2-8(12)6-10(9)13/h2-3,6-7H,4-5,14H2,1H3,(H,15,16). The number of hydrogen-bond acceptors (Lipinski definition) is 2. The van der Waals surface area contributed by atoms with Gasteiger partial charge in [0.25, 0.3) is 5.91 Å². The van der Waals surface area contributed by atoms with E-state index in [0.29, 0.717) is 22.2 Å². The van der Waals surface area contributed by atoms with E-state index in [1.54, 1.807) is 18.2 Å². The smallest absolute Gasteiger partial charge is 0.252 e. The molecule has 3 nitrogen and oxygen atoms in total. The van der Waals surface area contributed by atoms with Crippen molar-refractivity contribution in [1.29, 1.82) is 0 Å². The minimum Gasteiger partial charge on any atom is -0.352 e. The van der Waals surface area contributed by atoms with E-state index in [-0.39, 0.29) is 11.9 Å². The zero-order valence-electron chi connectivity index (χ0n) is 8.97. The maximum absolute atomic E-state index is 11.7. The van der Waals surface area contributed by atoms with Crippen molar-refractivity contribution in [2.75, 3.05) is 6.54 Å². The third kappa shape index (κ3) is 4.00. The molecule has 0 aromatic heterocycles. The molecule has 5 heteroatoms. The monoisotopic (exact) mass is 260 g/mol. The lowest BCUT2D eigenvalue weighted by Gasteiger charge is -2.08. The van der Waals surface area contributed by atoms with Crippen LogP contribution in [0.3, 0.4) is 0 Å². The number of nitrogens with one attached hydrogen (secondary N) is 1. The van der Waals surface area contributed by atoms with Crippen molar-refractivity contribution >= 4 is 29.1 Å². The van der Waals surface area contributed by atoms with E-state index in [9.17, 15) is 4.79 Å². The minimum absolute atomic E-state index is 0.0704. The van der Waals surface area contributed by atoms with Gasteiger partial charge in [-0.05, 0) is 31.5 Å². The predicted octanol–water partition coefficient (Wildman–Crippen LogP) is 2.46. The maximum Gasteiger partial charge on any atom is 0.252 e. The van der Waals surface area contributed by atoms with E-state index >= 15 is 0 Å². The number of amides is 1. The van der Waals surface area contributed by atoms with Gasteiger partial charge in [0.15, 0.2) is 0 Å². The largest absolute Gasteiger partial charge is 0.352 e. The zero-order chi connectivity index (χ0) is 12.1. The summed E-state index contributed by atoms with van der Waals surface area (Å²) in [7, 11) is 0. The molecule has 1 aromatic rings. The highest BCUT2D eigenvalue weighted by Crippen LogP contribution is 2.20. The Morgan fingerprint density at radius 2 is 2.19 bits per heavy atom. The summed E-state index contributed by atoms with van der Waals surface area (Å²) in [5.74, 6) is -0.206. The molecule has 1 aromatic carbocycles. The predicted molar refractivity (Wildman–Crippen MR) is 67.1 cm³/mol. The van der Waals surface area contributed by atoms with Crippen LogP contribution in [0.1, 0.15) is 23.7 Å². The summed E-state index contributed by atoms with van der Waals surface area (Å²) >= 11 is 11.6. The van der Waals surface area contributed by atoms with Gasteiger partial charge in [-0.3, -0.25) is 4.79 Å². The molecule has 16 heavy (non-hydrogen) atoms. The van der Waals surface area contributed by atoms with Gasteiger partial charge in [-0.2, -0.15) is 0 Å². The zero-order valence-corrected chi connectivity index (χ0v) is 10.5. The highest BCUT2D eigenvalue weighted by Gasteiger charge is 2.09. The number of halogens is 2. The van der Waals surface area contributed by atoms with Crippen molar-refractivity contribution in [3.63, 3.8) is 0 Å². The van der Waals surface area contributed by atoms with Gasteiger partial charge in [0, 0.05) is 17.6 Å². The first-order valence-corrected chi connectivity index (χ1v) is 5.75. The fourth-order valence-corrected chi connectivity index (χ4v) is 1.68. The molecule has 1 amide bonds. The molecule has 0 saturated carbocycles. The second-order valence-corrected chi connectivity index (χ2v) is 4.49. The molecule has 0 aliphatic rings. The van der Waals surface area contributed by atoms with Gasteiger partial charge in [0.05, 0.1) is 10.6 Å². The normalized spacial score (nSPS) is 12.2. The fraction of sp³-hybridized carbons (Fsp3) is 0.364. The Morgan fingerprint density at radius 1 is 1.50 bits per heavy atom. The molecule has 1 unspecified atom stereocenters. The average molecular weight is 261 g/mol. The molecule has 0 fully saturated rings. The lowest BCUT2D eigenvalue weighted by molar-refractivity contribution is 0.0953. The molecule has 3 N–H and O–H groups in total. The summed E-state index contributed by atoms with van der Waals surface area (Å²) in [4.78, 5) is 11.7. The van der Waals surface area contributed by atoms with E-state index in [4.69, 9.17) is 28.9 Å². The Hall–Kier alpha value is -0.770. The topological polar surface area (TPSA) is 55.1 Å². The average Bonchev–Trinajstić information content (AvgIpc) is 2.16. The number of nitrogens with two attached hydrogens (primary N) is 1. The van der Waals surface area contributed by atoms with Crippen LogP contribution in [0, 0.1) is 0 Å². The lowest BCUT2D eigenvalue weighted by Crippen LogP contribution is -2.29. The van der Waals surface area contributed by atoms with Crippen LogP contribution in [0.15, 0.2) is 18.2 Å². The highest BCUT2D eigenvalue weighted by molar-refractivity contribution is 6.36. The number of rotatable bonds is 4. The van der Waals surface area contributed by atoms with E-state index in [0.717, 1.165) is 6.42 Å². The lowest BCUT2D eigenvalue weighted by atomic mass is 10.2. The molecule has 0 saturated heterocycles. The van der Waals surface area contributed by atoms with Gasteiger partial charge in [0.1, 0.15) is 0 Å². The fourth-order valence-electron chi connectivity index (χ4n) is 1.18. The molecule has 0 aliphatic heterocycles. The van der Waals surface area contributed by atoms with Gasteiger partial charge >= 0.3 is 0 Å². The van der Waals surface area contributed by atoms with Crippen LogP contribution in [0.4, 0.5) is 0 Å². The van der Waals surface area contributed by atoms with Crippen LogP contribution in [-0.4, -0.2) is 18.5 Å². The Kier molecular flexibility index (Phi) is 5.06. The van der Waals surface area contributed by atoms with E-state index in [1.165, 1.54) is 0 Å². The van der Waals surface area contributed by atoms with Crippen molar-refractivity contribution in [2.24, 2.45) is 5.73 Å². The number of hydrogen-bond donors (Lipinski definition) is 2. The summed E-state index contributed by atoms with van der Waals surface area (Å²) in [6.07, 6.45) is 0.733. The van der Waals surface area contributed by atoms with Gasteiger partial charge in [0.2, 0.25) is 0 Å². The third-order valence-electron chi connectivity index (χ3n) is 2.06. The number of benzene rings is 1. The quantitative estimate of drug-likeness (QED) is 0.874. The van der Waals surface area contributed by atoms with Crippen LogP contribution in [0.2, 0.25) is 10.0 Å². The van der Waals surface area contributed by atoms with Gasteiger partial charge in [-0.1, -0.05) is 23.2 Å². The first-order valence-electron chi connectivity index (χ1n) is 4.99. The molecule has 0 aliphatic carbocycles. The van der Waals surface area contributed by atoms with Crippen LogP contribution in [0.25, 0.3) is 0 Å². The molecule has 88 valence electrons. The van der Waals surface area contributed by atoms with E-state index in [2.05, 4.69) is 5.32 Å². The number of carbonyl (C=O) groups is 1. The Balaban J connectivity index is 2.59. The minimum atomic E-state index is -0.206. The van der Waals surface area contributed by atoms with Gasteiger partial charge < -0.3 is 11.1 Å². The molecule has 1 atom stereocenters. The van der Waals surface area contributed by atoms with Crippen molar-refractivity contribution < 1.29 is 4.79 Å². The van der Waals surface area contributed by atoms with Crippen molar-refractivity contribution in [2.45, 2.75) is 19.4 Å². The van der Waals surface area contributed by atoms with Crippen molar-refractivity contribution in [3.8, 4) is 0 Å². The Labute approximate surface area is 105 Å². The highest BCUT2D eigenvalue weighted by atomic mass is 35.5. The summed E-state index contributed by atoms with van der Waals surface area (Å²) < 4.78 is 0. The van der Waals surface area contributed by atoms with Crippen molar-refractivity contribution in [1.82, 2.24) is 5.32 Å². The second-order valence-electron chi connectivity index (χ2n) is 3.65. The molecule has 0 heterocycles. The molecule has 0 radical (unpaired) electrons. The van der Waals surface area contributed by atoms with E-state index < -0.39 is 0 Å². The Bertz CT molecular complexity index is 380. The van der Waals surface area contributed by atoms with Gasteiger partial charge in [-0.25, -0.2) is 0 Å². The first kappa shape index (κ1) is 13.3. The first-order chi connectivity index (χ1) is 7.50.